The third-order valence-electron chi connectivity index (χ3n) is 5.52. The average molecular weight is 363 g/mol. The van der Waals surface area contributed by atoms with Gasteiger partial charge >= 0.3 is 6.09 Å². The molecule has 26 heavy (non-hydrogen) atoms. The maximum atomic E-state index is 12.5. The quantitative estimate of drug-likeness (QED) is 0.874. The van der Waals surface area contributed by atoms with Crippen molar-refractivity contribution in [2.24, 2.45) is 0 Å². The second kappa shape index (κ2) is 7.59. The van der Waals surface area contributed by atoms with Crippen LogP contribution < -0.4 is 5.32 Å². The van der Waals surface area contributed by atoms with Crippen LogP contribution >= 0.6 is 0 Å². The van der Waals surface area contributed by atoms with E-state index < -0.39 is 5.60 Å². The van der Waals surface area contributed by atoms with E-state index in [2.05, 4.69) is 23.8 Å². The zero-order valence-electron chi connectivity index (χ0n) is 17.0. The summed E-state index contributed by atoms with van der Waals surface area (Å²) in [5.41, 5.74) is 3.42. The molecule has 1 unspecified atom stereocenters. The van der Waals surface area contributed by atoms with Crippen LogP contribution in [0.2, 0.25) is 0 Å². The number of hydrogen-bond donors (Lipinski definition) is 1. The molecule has 0 radical (unpaired) electrons. The first-order valence-corrected chi connectivity index (χ1v) is 10.0. The largest absolute Gasteiger partial charge is 0.444 e. The zero-order valence-corrected chi connectivity index (χ0v) is 17.0. The molecular weight excluding hydrogens is 328 g/mol. The highest BCUT2D eigenvalue weighted by molar-refractivity contribution is 5.68. The topological polar surface area (TPSA) is 59.4 Å². The average Bonchev–Trinajstić information content (AvgIpc) is 2.89. The van der Waals surface area contributed by atoms with Crippen LogP contribution in [0.25, 0.3) is 0 Å². The van der Waals surface area contributed by atoms with Crippen molar-refractivity contribution in [1.82, 2.24) is 20.0 Å². The lowest BCUT2D eigenvalue weighted by molar-refractivity contribution is 0.0166. The van der Waals surface area contributed by atoms with Crippen molar-refractivity contribution in [3.05, 3.63) is 17.0 Å². The normalized spacial score (nSPS) is 22.5. The Labute approximate surface area is 157 Å². The van der Waals surface area contributed by atoms with Gasteiger partial charge in [-0.05, 0) is 84.9 Å². The van der Waals surface area contributed by atoms with Gasteiger partial charge < -0.3 is 15.0 Å². The van der Waals surface area contributed by atoms with E-state index in [0.29, 0.717) is 12.5 Å². The molecule has 2 saturated heterocycles. The van der Waals surface area contributed by atoms with Crippen LogP contribution in [0.1, 0.15) is 75.4 Å². The van der Waals surface area contributed by atoms with E-state index in [1.807, 2.05) is 25.7 Å². The highest BCUT2D eigenvalue weighted by Crippen LogP contribution is 2.33. The minimum Gasteiger partial charge on any atom is -0.444 e. The zero-order chi connectivity index (χ0) is 18.9. The Balaban J connectivity index is 1.75. The van der Waals surface area contributed by atoms with E-state index in [1.54, 1.807) is 0 Å². The summed E-state index contributed by atoms with van der Waals surface area (Å²) < 4.78 is 7.75. The summed E-state index contributed by atoms with van der Waals surface area (Å²) in [5.74, 6) is 0.607. The molecule has 3 rings (SSSR count). The molecule has 0 aliphatic carbocycles. The Morgan fingerprint density at radius 3 is 2.54 bits per heavy atom. The molecule has 0 saturated carbocycles. The summed E-state index contributed by atoms with van der Waals surface area (Å²) in [6.07, 6.45) is 4.21. The SMILES string of the molecule is Cc1nn(C2CCCN(C(=O)OC(C)(C)C)C2)c(C)c1C1CCNCC1. The molecule has 2 aliphatic rings. The van der Waals surface area contributed by atoms with Gasteiger partial charge in [0.1, 0.15) is 5.60 Å². The van der Waals surface area contributed by atoms with Gasteiger partial charge in [0.25, 0.3) is 0 Å². The number of aryl methyl sites for hydroxylation is 1. The van der Waals surface area contributed by atoms with Crippen LogP contribution in [0.15, 0.2) is 0 Å². The lowest BCUT2D eigenvalue weighted by Gasteiger charge is -2.34. The third kappa shape index (κ3) is 4.22. The van der Waals surface area contributed by atoms with Crippen molar-refractivity contribution < 1.29 is 9.53 Å². The summed E-state index contributed by atoms with van der Waals surface area (Å²) >= 11 is 0. The number of nitrogens with one attached hydrogen (secondary N) is 1. The standard InChI is InChI=1S/C20H34N4O2/c1-14-18(16-8-10-21-11-9-16)15(2)24(22-14)17-7-6-12-23(13-17)19(25)26-20(3,4)5/h16-17,21H,6-13H2,1-5H3. The van der Waals surface area contributed by atoms with Crippen LogP contribution in [-0.4, -0.2) is 52.6 Å². The van der Waals surface area contributed by atoms with Gasteiger partial charge in [0, 0.05) is 18.8 Å². The van der Waals surface area contributed by atoms with Crippen molar-refractivity contribution in [3.63, 3.8) is 0 Å². The maximum Gasteiger partial charge on any atom is 0.410 e. The number of ether oxygens (including phenoxy) is 1. The molecule has 1 aromatic heterocycles. The maximum absolute atomic E-state index is 12.5. The molecular formula is C20H34N4O2. The molecule has 1 N–H and O–H groups in total. The Kier molecular flexibility index (Phi) is 5.61. The second-order valence-corrected chi connectivity index (χ2v) is 8.78. The first-order chi connectivity index (χ1) is 12.3. The predicted octanol–water partition coefficient (Wildman–Crippen LogP) is 3.54. The fourth-order valence-electron chi connectivity index (χ4n) is 4.38. The lowest BCUT2D eigenvalue weighted by atomic mass is 9.89. The van der Waals surface area contributed by atoms with Crippen LogP contribution in [0, 0.1) is 13.8 Å². The van der Waals surface area contributed by atoms with Gasteiger partial charge in [-0.1, -0.05) is 0 Å². The van der Waals surface area contributed by atoms with E-state index in [1.165, 1.54) is 24.1 Å². The van der Waals surface area contributed by atoms with Gasteiger partial charge in [0.2, 0.25) is 0 Å². The summed E-state index contributed by atoms with van der Waals surface area (Å²) in [5, 5.41) is 8.34. The van der Waals surface area contributed by atoms with Crippen LogP contribution in [0.3, 0.4) is 0 Å². The van der Waals surface area contributed by atoms with Crippen molar-refractivity contribution in [3.8, 4) is 0 Å². The number of carbonyl (C=O) groups is 1. The summed E-state index contributed by atoms with van der Waals surface area (Å²) in [7, 11) is 0. The van der Waals surface area contributed by atoms with Crippen molar-refractivity contribution in [2.75, 3.05) is 26.2 Å². The fourth-order valence-corrected chi connectivity index (χ4v) is 4.38. The number of nitrogens with zero attached hydrogens (tertiary/aromatic N) is 3. The molecule has 2 aliphatic heterocycles. The molecule has 0 spiro atoms. The smallest absolute Gasteiger partial charge is 0.410 e. The van der Waals surface area contributed by atoms with Crippen LogP contribution in [0.5, 0.6) is 0 Å². The van der Waals surface area contributed by atoms with Gasteiger partial charge in [-0.2, -0.15) is 5.10 Å². The highest BCUT2D eigenvalue weighted by atomic mass is 16.6. The van der Waals surface area contributed by atoms with Gasteiger partial charge in [-0.3, -0.25) is 4.68 Å². The minimum absolute atomic E-state index is 0.206. The number of amides is 1. The number of carbonyl (C=O) groups excluding carboxylic acids is 1. The summed E-state index contributed by atoms with van der Waals surface area (Å²) in [6.45, 7) is 13.7. The van der Waals surface area contributed by atoms with Crippen molar-refractivity contribution in [2.45, 2.75) is 77.9 Å². The lowest BCUT2D eigenvalue weighted by Crippen LogP contribution is -2.43. The molecule has 1 aromatic rings. The molecule has 1 amide bonds. The third-order valence-corrected chi connectivity index (χ3v) is 5.52. The van der Waals surface area contributed by atoms with Crippen molar-refractivity contribution in [1.29, 1.82) is 0 Å². The number of piperidine rings is 2. The van der Waals surface area contributed by atoms with Gasteiger partial charge in [0.15, 0.2) is 0 Å². The number of hydrogen-bond acceptors (Lipinski definition) is 4. The summed E-state index contributed by atoms with van der Waals surface area (Å²) in [6, 6.07) is 0.241. The van der Waals surface area contributed by atoms with E-state index in [9.17, 15) is 4.79 Å². The van der Waals surface area contributed by atoms with Crippen LogP contribution in [0.4, 0.5) is 4.79 Å². The Morgan fingerprint density at radius 1 is 1.19 bits per heavy atom. The van der Waals surface area contributed by atoms with Gasteiger partial charge in [-0.15, -0.1) is 0 Å². The van der Waals surface area contributed by atoms with E-state index in [0.717, 1.165) is 38.2 Å². The first kappa shape index (κ1) is 19.2. The highest BCUT2D eigenvalue weighted by Gasteiger charge is 2.31. The summed E-state index contributed by atoms with van der Waals surface area (Å²) in [4.78, 5) is 14.3. The molecule has 3 heterocycles. The monoisotopic (exact) mass is 362 g/mol. The van der Waals surface area contributed by atoms with Gasteiger partial charge in [0.05, 0.1) is 11.7 Å². The first-order valence-electron chi connectivity index (χ1n) is 10.0. The molecule has 146 valence electrons. The second-order valence-electron chi connectivity index (χ2n) is 8.78. The Morgan fingerprint density at radius 2 is 1.88 bits per heavy atom. The molecule has 0 aromatic carbocycles. The van der Waals surface area contributed by atoms with Gasteiger partial charge in [-0.25, -0.2) is 4.79 Å². The number of likely N-dealkylation sites (tertiary alicyclic amines) is 1. The van der Waals surface area contributed by atoms with Crippen LogP contribution in [-0.2, 0) is 4.74 Å². The van der Waals surface area contributed by atoms with E-state index >= 15 is 0 Å². The molecule has 6 nitrogen and oxygen atoms in total. The van der Waals surface area contributed by atoms with Crippen molar-refractivity contribution >= 4 is 6.09 Å². The number of rotatable bonds is 2. The Bertz CT molecular complexity index is 641. The minimum atomic E-state index is -0.454. The molecule has 6 heteroatoms. The van der Waals surface area contributed by atoms with E-state index in [4.69, 9.17) is 9.84 Å². The number of aromatic nitrogens is 2. The molecule has 1 atom stereocenters. The Hall–Kier alpha value is -1.56. The van der Waals surface area contributed by atoms with E-state index in [-0.39, 0.29) is 12.1 Å². The fraction of sp³-hybridized carbons (Fsp3) is 0.800. The molecule has 2 fully saturated rings. The molecule has 0 bridgehead atoms. The predicted molar refractivity (Wildman–Crippen MR) is 103 cm³/mol.